The molecule has 0 fully saturated rings. The van der Waals surface area contributed by atoms with E-state index in [1.165, 1.54) is 12.3 Å². The van der Waals surface area contributed by atoms with Gasteiger partial charge in [0.1, 0.15) is 29.1 Å². The zero-order valence-corrected chi connectivity index (χ0v) is 14.4. The summed E-state index contributed by atoms with van der Waals surface area (Å²) >= 11 is 0. The minimum absolute atomic E-state index is 0.133. The van der Waals surface area contributed by atoms with Crippen LogP contribution < -0.4 is 5.43 Å². The molecule has 0 saturated carbocycles. The van der Waals surface area contributed by atoms with Crippen LogP contribution >= 0.6 is 0 Å². The lowest BCUT2D eigenvalue weighted by Crippen LogP contribution is -2.24. The van der Waals surface area contributed by atoms with Gasteiger partial charge in [-0.3, -0.25) is 4.79 Å². The summed E-state index contributed by atoms with van der Waals surface area (Å²) in [5.74, 6) is -0.774. The van der Waals surface area contributed by atoms with E-state index < -0.39 is 11.6 Å². The number of rotatable bonds is 2. The van der Waals surface area contributed by atoms with Gasteiger partial charge in [0.25, 0.3) is 0 Å². The molecule has 0 aliphatic heterocycles. The summed E-state index contributed by atoms with van der Waals surface area (Å²) in [4.78, 5) is 24.6. The Morgan fingerprint density at radius 1 is 1.25 bits per heavy atom. The Bertz CT molecular complexity index is 937. The van der Waals surface area contributed by atoms with Crippen molar-refractivity contribution in [2.24, 2.45) is 0 Å². The first kappa shape index (κ1) is 17.5. The van der Waals surface area contributed by atoms with Crippen LogP contribution in [0.2, 0.25) is 0 Å². The second-order valence-corrected chi connectivity index (χ2v) is 6.62. The second-order valence-electron chi connectivity index (χ2n) is 6.62. The molecule has 0 radical (unpaired) electrons. The fourth-order valence-corrected chi connectivity index (χ4v) is 2.13. The molecule has 0 amide bonds. The summed E-state index contributed by atoms with van der Waals surface area (Å²) < 4.78 is 10.6. The highest BCUT2D eigenvalue weighted by molar-refractivity contribution is 5.98. The number of aryl methyl sites for hydroxylation is 2. The van der Waals surface area contributed by atoms with E-state index in [1.54, 1.807) is 39.0 Å². The van der Waals surface area contributed by atoms with Gasteiger partial charge in [-0.1, -0.05) is 0 Å². The van der Waals surface area contributed by atoms with Gasteiger partial charge in [0.05, 0.1) is 10.9 Å². The van der Waals surface area contributed by atoms with Crippen molar-refractivity contribution >= 4 is 23.0 Å². The number of nitrogens with zero attached hydrogens (tertiary/aromatic N) is 1. The molecule has 24 heavy (non-hydrogen) atoms. The molecule has 0 aliphatic rings. The number of carbonyl (C=O) groups excluding carboxylic acids is 1. The quantitative estimate of drug-likeness (QED) is 0.478. The zero-order valence-electron chi connectivity index (χ0n) is 14.4. The minimum Gasteiger partial charge on any atom is -0.463 e. The summed E-state index contributed by atoms with van der Waals surface area (Å²) in [6, 6.07) is 5.31. The predicted molar refractivity (Wildman–Crippen MR) is 91.4 cm³/mol. The molecule has 1 aromatic heterocycles. The van der Waals surface area contributed by atoms with Crippen LogP contribution in [-0.4, -0.2) is 11.6 Å². The molecule has 124 valence electrons. The summed E-state index contributed by atoms with van der Waals surface area (Å²) in [5, 5.41) is 9.60. The molecule has 2 rings (SSSR count). The Balaban J connectivity index is 2.54. The highest BCUT2D eigenvalue weighted by Gasteiger charge is 2.20. The van der Waals surface area contributed by atoms with Gasteiger partial charge >= 0.3 is 5.97 Å². The number of hydrogen-bond acceptors (Lipinski definition) is 5. The van der Waals surface area contributed by atoms with Crippen molar-refractivity contribution in [3.63, 3.8) is 0 Å². The van der Waals surface area contributed by atoms with E-state index in [9.17, 15) is 14.9 Å². The second kappa shape index (κ2) is 6.32. The van der Waals surface area contributed by atoms with E-state index in [2.05, 4.69) is 0 Å². The fourth-order valence-electron chi connectivity index (χ4n) is 2.13. The standard InChI is InChI=1S/C19H19NO4/c1-11-6-15-16(7-12(11)2)23-10-14(17(15)21)8-13(9-20)18(22)24-19(3,4)5/h6-8,10H,1-5H3/b13-8-. The lowest BCUT2D eigenvalue weighted by Gasteiger charge is -2.18. The molecule has 0 atom stereocenters. The van der Waals surface area contributed by atoms with Crippen molar-refractivity contribution in [1.82, 2.24) is 0 Å². The molecule has 0 saturated heterocycles. The van der Waals surface area contributed by atoms with Crippen molar-refractivity contribution in [1.29, 1.82) is 5.26 Å². The smallest absolute Gasteiger partial charge is 0.349 e. The molecule has 0 N–H and O–H groups in total. The maximum atomic E-state index is 12.6. The predicted octanol–water partition coefficient (Wildman–Crippen LogP) is 3.66. The highest BCUT2D eigenvalue weighted by atomic mass is 16.6. The lowest BCUT2D eigenvalue weighted by atomic mass is 10.0. The number of esters is 1. The van der Waals surface area contributed by atoms with E-state index >= 15 is 0 Å². The minimum atomic E-state index is -0.774. The van der Waals surface area contributed by atoms with Crippen LogP contribution in [0.1, 0.15) is 37.5 Å². The number of benzene rings is 1. The topological polar surface area (TPSA) is 80.3 Å². The molecular formula is C19H19NO4. The molecule has 0 spiro atoms. The van der Waals surface area contributed by atoms with Crippen molar-refractivity contribution in [3.05, 3.63) is 50.9 Å². The Kier molecular flexibility index (Phi) is 4.61. The van der Waals surface area contributed by atoms with Gasteiger partial charge in [0.15, 0.2) is 5.43 Å². The molecule has 2 aromatic rings. The van der Waals surface area contributed by atoms with Gasteiger partial charge < -0.3 is 9.15 Å². The maximum absolute atomic E-state index is 12.6. The van der Waals surface area contributed by atoms with Crippen LogP contribution in [0.15, 0.2) is 33.2 Å². The average molecular weight is 325 g/mol. The third-order valence-corrected chi connectivity index (χ3v) is 3.45. The van der Waals surface area contributed by atoms with Crippen LogP contribution in [0.25, 0.3) is 17.0 Å². The van der Waals surface area contributed by atoms with E-state index in [0.29, 0.717) is 11.0 Å². The monoisotopic (exact) mass is 325 g/mol. The highest BCUT2D eigenvalue weighted by Crippen LogP contribution is 2.19. The van der Waals surface area contributed by atoms with Crippen molar-refractivity contribution in [2.45, 2.75) is 40.2 Å². The van der Waals surface area contributed by atoms with Crippen LogP contribution in [-0.2, 0) is 9.53 Å². The maximum Gasteiger partial charge on any atom is 0.349 e. The lowest BCUT2D eigenvalue weighted by molar-refractivity contribution is -0.149. The third kappa shape index (κ3) is 3.72. The summed E-state index contributed by atoms with van der Waals surface area (Å²) in [7, 11) is 0. The first-order chi connectivity index (χ1) is 11.1. The van der Waals surface area contributed by atoms with Crippen LogP contribution in [0.4, 0.5) is 0 Å². The molecule has 1 aromatic carbocycles. The number of carbonyl (C=O) groups is 1. The van der Waals surface area contributed by atoms with Crippen molar-refractivity contribution in [2.75, 3.05) is 0 Å². The Labute approximate surface area is 140 Å². The van der Waals surface area contributed by atoms with E-state index in [4.69, 9.17) is 9.15 Å². The van der Waals surface area contributed by atoms with Crippen molar-refractivity contribution in [3.8, 4) is 6.07 Å². The van der Waals surface area contributed by atoms with Gasteiger partial charge in [-0.2, -0.15) is 5.26 Å². The molecule has 0 bridgehead atoms. The van der Waals surface area contributed by atoms with Crippen LogP contribution in [0, 0.1) is 25.2 Å². The van der Waals surface area contributed by atoms with Gasteiger partial charge in [-0.15, -0.1) is 0 Å². The summed E-state index contributed by atoms with van der Waals surface area (Å²) in [6.45, 7) is 8.94. The SMILES string of the molecule is Cc1cc2occ(/C=C(/C#N)C(=O)OC(C)(C)C)c(=O)c2cc1C. The molecule has 5 nitrogen and oxygen atoms in total. The third-order valence-electron chi connectivity index (χ3n) is 3.45. The zero-order chi connectivity index (χ0) is 18.1. The normalized spacial score (nSPS) is 12.1. The molecular weight excluding hydrogens is 306 g/mol. The van der Waals surface area contributed by atoms with Gasteiger partial charge in [-0.25, -0.2) is 4.79 Å². The van der Waals surface area contributed by atoms with Crippen LogP contribution in [0.3, 0.4) is 0 Å². The van der Waals surface area contributed by atoms with Gasteiger partial charge in [0.2, 0.25) is 0 Å². The van der Waals surface area contributed by atoms with E-state index in [-0.39, 0.29) is 16.6 Å². The number of ether oxygens (including phenoxy) is 1. The fraction of sp³-hybridized carbons (Fsp3) is 0.316. The van der Waals surface area contributed by atoms with E-state index in [0.717, 1.165) is 11.1 Å². The average Bonchev–Trinajstić information content (AvgIpc) is 2.47. The summed E-state index contributed by atoms with van der Waals surface area (Å²) in [6.07, 6.45) is 2.45. The Morgan fingerprint density at radius 2 is 1.88 bits per heavy atom. The molecule has 0 unspecified atom stereocenters. The molecule has 5 heteroatoms. The number of fused-ring (bicyclic) bond motifs is 1. The molecule has 0 aliphatic carbocycles. The van der Waals surface area contributed by atoms with Gasteiger partial charge in [-0.05, 0) is 64.0 Å². The summed E-state index contributed by atoms with van der Waals surface area (Å²) in [5.41, 5.74) is 1.31. The Morgan fingerprint density at radius 3 is 2.46 bits per heavy atom. The Hall–Kier alpha value is -2.87. The van der Waals surface area contributed by atoms with Crippen molar-refractivity contribution < 1.29 is 13.9 Å². The van der Waals surface area contributed by atoms with Gasteiger partial charge in [0, 0.05) is 0 Å². The molecule has 1 heterocycles. The van der Waals surface area contributed by atoms with Crippen LogP contribution in [0.5, 0.6) is 0 Å². The largest absolute Gasteiger partial charge is 0.463 e. The first-order valence-electron chi connectivity index (χ1n) is 7.50. The van der Waals surface area contributed by atoms with E-state index in [1.807, 2.05) is 13.8 Å². The number of hydrogen-bond donors (Lipinski definition) is 0. The number of nitriles is 1. The first-order valence-corrected chi connectivity index (χ1v) is 7.50.